The first kappa shape index (κ1) is 11.8. The number of hydrogen-bond acceptors (Lipinski definition) is 4. The fourth-order valence-corrected chi connectivity index (χ4v) is 2.69. The summed E-state index contributed by atoms with van der Waals surface area (Å²) in [5, 5.41) is 3.41. The Kier molecular flexibility index (Phi) is 2.97. The molecule has 0 radical (unpaired) electrons. The highest BCUT2D eigenvalue weighted by molar-refractivity contribution is 7.22. The van der Waals surface area contributed by atoms with Gasteiger partial charge in [-0.1, -0.05) is 29.5 Å². The second kappa shape index (κ2) is 4.78. The molecule has 0 aliphatic heterocycles. The van der Waals surface area contributed by atoms with Crippen LogP contribution in [0, 0.1) is 6.92 Å². The van der Waals surface area contributed by atoms with Gasteiger partial charge in [-0.25, -0.2) is 4.98 Å². The predicted molar refractivity (Wildman–Crippen MR) is 76.5 cm³/mol. The van der Waals surface area contributed by atoms with Crippen molar-refractivity contribution < 1.29 is 4.79 Å². The molecule has 1 aromatic carbocycles. The highest BCUT2D eigenvalue weighted by atomic mass is 32.1. The van der Waals surface area contributed by atoms with Crippen LogP contribution < -0.4 is 5.32 Å². The maximum Gasteiger partial charge on any atom is 0.257 e. The number of anilines is 1. The second-order valence-electron chi connectivity index (χ2n) is 4.14. The van der Waals surface area contributed by atoms with Gasteiger partial charge < -0.3 is 0 Å². The van der Waals surface area contributed by atoms with E-state index in [0.29, 0.717) is 10.7 Å². The summed E-state index contributed by atoms with van der Waals surface area (Å²) in [7, 11) is 0. The molecular weight excluding hydrogens is 258 g/mol. The molecule has 2 heterocycles. The van der Waals surface area contributed by atoms with Crippen LogP contribution in [0.25, 0.3) is 10.2 Å². The number of amides is 1. The normalized spacial score (nSPS) is 10.6. The van der Waals surface area contributed by atoms with Crippen LogP contribution >= 0.6 is 11.3 Å². The van der Waals surface area contributed by atoms with Crippen LogP contribution in [-0.2, 0) is 0 Å². The van der Waals surface area contributed by atoms with E-state index in [1.165, 1.54) is 11.3 Å². The van der Waals surface area contributed by atoms with Crippen molar-refractivity contribution in [3.63, 3.8) is 0 Å². The molecule has 0 saturated carbocycles. The van der Waals surface area contributed by atoms with Crippen molar-refractivity contribution in [2.75, 3.05) is 5.32 Å². The maximum atomic E-state index is 12.0. The second-order valence-corrected chi connectivity index (χ2v) is 5.14. The Hall–Kier alpha value is -2.27. The van der Waals surface area contributed by atoms with E-state index < -0.39 is 0 Å². The number of hydrogen-bond donors (Lipinski definition) is 1. The van der Waals surface area contributed by atoms with E-state index in [0.717, 1.165) is 15.8 Å². The molecular formula is C14H11N3OS. The zero-order chi connectivity index (χ0) is 13.2. The average Bonchev–Trinajstić information content (AvgIpc) is 2.84. The Balaban J connectivity index is 1.90. The van der Waals surface area contributed by atoms with Crippen molar-refractivity contribution in [1.29, 1.82) is 0 Å². The number of pyridine rings is 1. The Morgan fingerprint density at radius 3 is 2.74 bits per heavy atom. The molecule has 4 nitrogen and oxygen atoms in total. The number of nitrogens with one attached hydrogen (secondary N) is 1. The lowest BCUT2D eigenvalue weighted by Crippen LogP contribution is -2.11. The number of carbonyl (C=O) groups excluding carboxylic acids is 1. The molecule has 94 valence electrons. The molecule has 3 rings (SSSR count). The van der Waals surface area contributed by atoms with E-state index in [9.17, 15) is 4.79 Å². The van der Waals surface area contributed by atoms with Crippen LogP contribution in [0.2, 0.25) is 0 Å². The summed E-state index contributed by atoms with van der Waals surface area (Å²) in [6.45, 7) is 1.98. The zero-order valence-corrected chi connectivity index (χ0v) is 11.1. The monoisotopic (exact) mass is 269 g/mol. The molecule has 3 aromatic rings. The van der Waals surface area contributed by atoms with E-state index in [4.69, 9.17) is 0 Å². The summed E-state index contributed by atoms with van der Waals surface area (Å²) in [4.78, 5) is 20.5. The lowest BCUT2D eigenvalue weighted by atomic mass is 10.2. The van der Waals surface area contributed by atoms with Gasteiger partial charge in [-0.05, 0) is 24.6 Å². The van der Waals surface area contributed by atoms with Crippen molar-refractivity contribution in [2.24, 2.45) is 0 Å². The third kappa shape index (κ3) is 2.32. The summed E-state index contributed by atoms with van der Waals surface area (Å²) >= 11 is 1.46. The predicted octanol–water partition coefficient (Wildman–Crippen LogP) is 3.25. The molecule has 0 atom stereocenters. The van der Waals surface area contributed by atoms with Gasteiger partial charge in [0.05, 0.1) is 10.9 Å². The molecule has 1 N–H and O–H groups in total. The number of aryl methyl sites for hydroxylation is 1. The molecule has 0 fully saturated rings. The molecule has 0 bridgehead atoms. The van der Waals surface area contributed by atoms with Gasteiger partial charge >= 0.3 is 0 Å². The Morgan fingerprint density at radius 1 is 1.21 bits per heavy atom. The van der Waals surface area contributed by atoms with E-state index >= 15 is 0 Å². The first-order valence-corrected chi connectivity index (χ1v) is 6.63. The number of aromatic nitrogens is 2. The smallest absolute Gasteiger partial charge is 0.257 e. The number of benzene rings is 1. The highest BCUT2D eigenvalue weighted by Crippen LogP contribution is 2.27. The quantitative estimate of drug-likeness (QED) is 0.777. The van der Waals surface area contributed by atoms with E-state index in [1.54, 1.807) is 24.5 Å². The summed E-state index contributed by atoms with van der Waals surface area (Å²) in [6, 6.07) is 9.09. The van der Waals surface area contributed by atoms with Crippen molar-refractivity contribution in [2.45, 2.75) is 6.92 Å². The number of rotatable bonds is 2. The number of fused-ring (bicyclic) bond motifs is 1. The Bertz CT molecular complexity index is 737. The van der Waals surface area contributed by atoms with Gasteiger partial charge in [-0.3, -0.25) is 15.1 Å². The fourth-order valence-electron chi connectivity index (χ4n) is 1.79. The van der Waals surface area contributed by atoms with Crippen molar-refractivity contribution >= 4 is 32.6 Å². The van der Waals surface area contributed by atoms with E-state index in [1.807, 2.05) is 25.1 Å². The van der Waals surface area contributed by atoms with Crippen molar-refractivity contribution in [3.05, 3.63) is 53.9 Å². The minimum Gasteiger partial charge on any atom is -0.298 e. The minimum atomic E-state index is -0.148. The molecule has 19 heavy (non-hydrogen) atoms. The van der Waals surface area contributed by atoms with Crippen LogP contribution in [0.1, 0.15) is 15.9 Å². The van der Waals surface area contributed by atoms with Gasteiger partial charge in [0.25, 0.3) is 5.91 Å². The standard InChI is InChI=1S/C14H11N3OS/c1-9-7-15-8-11-12(9)19-14(16-11)17-13(18)10-5-3-2-4-6-10/h2-8H,1H3,(H,16,17,18). The fraction of sp³-hybridized carbons (Fsp3) is 0.0714. The molecule has 5 heteroatoms. The minimum absolute atomic E-state index is 0.148. The Labute approximate surface area is 114 Å². The van der Waals surface area contributed by atoms with Gasteiger partial charge in [-0.2, -0.15) is 0 Å². The first-order valence-electron chi connectivity index (χ1n) is 5.81. The third-order valence-electron chi connectivity index (χ3n) is 2.73. The van der Waals surface area contributed by atoms with Crippen LogP contribution in [-0.4, -0.2) is 15.9 Å². The van der Waals surface area contributed by atoms with Crippen molar-refractivity contribution in [1.82, 2.24) is 9.97 Å². The summed E-state index contributed by atoms with van der Waals surface area (Å²) in [5.74, 6) is -0.148. The highest BCUT2D eigenvalue weighted by Gasteiger charge is 2.10. The van der Waals surface area contributed by atoms with Gasteiger partial charge in [0.2, 0.25) is 0 Å². The molecule has 0 unspecified atom stereocenters. The van der Waals surface area contributed by atoms with Gasteiger partial charge in [0.15, 0.2) is 5.13 Å². The maximum absolute atomic E-state index is 12.0. The molecule has 0 spiro atoms. The molecule has 1 amide bonds. The van der Waals surface area contributed by atoms with Crippen LogP contribution in [0.4, 0.5) is 5.13 Å². The topological polar surface area (TPSA) is 54.9 Å². The lowest BCUT2D eigenvalue weighted by molar-refractivity contribution is 0.102. The molecule has 0 saturated heterocycles. The van der Waals surface area contributed by atoms with Gasteiger partial charge in [0.1, 0.15) is 5.52 Å². The van der Waals surface area contributed by atoms with Crippen LogP contribution in [0.5, 0.6) is 0 Å². The first-order chi connectivity index (χ1) is 9.24. The average molecular weight is 269 g/mol. The number of thiazole rings is 1. The van der Waals surface area contributed by atoms with E-state index in [2.05, 4.69) is 15.3 Å². The van der Waals surface area contributed by atoms with Crippen LogP contribution in [0.3, 0.4) is 0 Å². The molecule has 0 aliphatic rings. The number of nitrogens with zero attached hydrogens (tertiary/aromatic N) is 2. The van der Waals surface area contributed by atoms with Gasteiger partial charge in [-0.15, -0.1) is 0 Å². The van der Waals surface area contributed by atoms with Crippen molar-refractivity contribution in [3.8, 4) is 0 Å². The summed E-state index contributed by atoms with van der Waals surface area (Å²) in [5.41, 5.74) is 2.50. The van der Waals surface area contributed by atoms with Crippen LogP contribution in [0.15, 0.2) is 42.7 Å². The molecule has 2 aromatic heterocycles. The summed E-state index contributed by atoms with van der Waals surface area (Å²) in [6.07, 6.45) is 3.50. The number of carbonyl (C=O) groups is 1. The SMILES string of the molecule is Cc1cncc2nc(NC(=O)c3ccccc3)sc12. The third-order valence-corrected chi connectivity index (χ3v) is 3.85. The zero-order valence-electron chi connectivity index (χ0n) is 10.3. The summed E-state index contributed by atoms with van der Waals surface area (Å²) < 4.78 is 1.05. The van der Waals surface area contributed by atoms with Gasteiger partial charge in [0, 0.05) is 11.8 Å². The largest absolute Gasteiger partial charge is 0.298 e. The van der Waals surface area contributed by atoms with E-state index in [-0.39, 0.29) is 5.91 Å². The molecule has 0 aliphatic carbocycles. The lowest BCUT2D eigenvalue weighted by Gasteiger charge is -2.00. The Morgan fingerprint density at radius 2 is 2.00 bits per heavy atom.